The van der Waals surface area contributed by atoms with Crippen LogP contribution in [-0.4, -0.2) is 17.6 Å². The lowest BCUT2D eigenvalue weighted by Crippen LogP contribution is -2.34. The first kappa shape index (κ1) is 20.3. The van der Waals surface area contributed by atoms with E-state index in [1.165, 1.54) is 4.88 Å². The van der Waals surface area contributed by atoms with Crippen molar-refractivity contribution < 1.29 is 9.53 Å². The summed E-state index contributed by atoms with van der Waals surface area (Å²) in [5, 5.41) is 16.2. The second-order valence-corrected chi connectivity index (χ2v) is 8.46. The Morgan fingerprint density at radius 2 is 2.14 bits per heavy atom. The van der Waals surface area contributed by atoms with Gasteiger partial charge in [0.2, 0.25) is 0 Å². The van der Waals surface area contributed by atoms with Crippen molar-refractivity contribution in [2.45, 2.75) is 39.5 Å². The molecule has 146 valence electrons. The number of fused-ring (bicyclic) bond motifs is 1. The minimum absolute atomic E-state index is 0.194. The standard InChI is InChI=1S/C21H23N3O2S2/c1-3-10-26-15-7-5-14(6-8-15)19(25)23-21(27)24-20-17(12-22)16-9-4-13(2)11-18(16)28-20/h5-8,13H,3-4,9-11H2,1-2H3,(H2,23,24,25,27). The number of amides is 1. The fourth-order valence-corrected chi connectivity index (χ4v) is 4.81. The first-order valence-corrected chi connectivity index (χ1v) is 10.6. The molecule has 0 aliphatic heterocycles. The number of thiophene rings is 1. The molecule has 0 saturated carbocycles. The number of carbonyl (C=O) groups excluding carboxylic acids is 1. The van der Waals surface area contributed by atoms with Gasteiger partial charge in [0.1, 0.15) is 16.8 Å². The average molecular weight is 414 g/mol. The molecule has 2 aromatic rings. The maximum Gasteiger partial charge on any atom is 0.257 e. The van der Waals surface area contributed by atoms with Crippen molar-refractivity contribution in [1.29, 1.82) is 5.26 Å². The second-order valence-electron chi connectivity index (χ2n) is 6.95. The van der Waals surface area contributed by atoms with Gasteiger partial charge >= 0.3 is 0 Å². The molecule has 2 N–H and O–H groups in total. The third-order valence-corrected chi connectivity index (χ3v) is 6.04. The largest absolute Gasteiger partial charge is 0.494 e. The number of rotatable bonds is 5. The number of anilines is 1. The van der Waals surface area contributed by atoms with Crippen LogP contribution in [-0.2, 0) is 12.8 Å². The minimum Gasteiger partial charge on any atom is -0.494 e. The topological polar surface area (TPSA) is 74.2 Å². The third-order valence-electron chi connectivity index (χ3n) is 4.67. The maximum absolute atomic E-state index is 12.4. The number of benzene rings is 1. The lowest BCUT2D eigenvalue weighted by Gasteiger charge is -2.17. The van der Waals surface area contributed by atoms with Crippen molar-refractivity contribution >= 4 is 39.6 Å². The molecule has 3 rings (SSSR count). The Morgan fingerprint density at radius 3 is 2.82 bits per heavy atom. The minimum atomic E-state index is -0.298. The zero-order valence-electron chi connectivity index (χ0n) is 16.0. The van der Waals surface area contributed by atoms with Crippen LogP contribution in [0.5, 0.6) is 5.75 Å². The molecule has 28 heavy (non-hydrogen) atoms. The van der Waals surface area contributed by atoms with Crippen LogP contribution >= 0.6 is 23.6 Å². The van der Waals surface area contributed by atoms with Gasteiger partial charge in [0.25, 0.3) is 5.91 Å². The number of nitriles is 1. The smallest absolute Gasteiger partial charge is 0.257 e. The van der Waals surface area contributed by atoms with Gasteiger partial charge in [0.15, 0.2) is 5.11 Å². The van der Waals surface area contributed by atoms with Gasteiger partial charge in [0.05, 0.1) is 12.2 Å². The fraction of sp³-hybridized carbons (Fsp3) is 0.381. The highest BCUT2D eigenvalue weighted by Gasteiger charge is 2.24. The molecular formula is C21H23N3O2S2. The van der Waals surface area contributed by atoms with Crippen molar-refractivity contribution in [3.63, 3.8) is 0 Å². The fourth-order valence-electron chi connectivity index (χ4n) is 3.19. The molecule has 1 aliphatic carbocycles. The summed E-state index contributed by atoms with van der Waals surface area (Å²) in [5.74, 6) is 1.06. The zero-order chi connectivity index (χ0) is 20.1. The van der Waals surface area contributed by atoms with Crippen LogP contribution in [0, 0.1) is 17.2 Å². The molecule has 1 aliphatic rings. The van der Waals surface area contributed by atoms with Crippen LogP contribution in [0.15, 0.2) is 24.3 Å². The maximum atomic E-state index is 12.4. The molecule has 1 aromatic heterocycles. The van der Waals surface area contributed by atoms with E-state index in [1.54, 1.807) is 35.6 Å². The summed E-state index contributed by atoms with van der Waals surface area (Å²) in [6.45, 7) is 4.91. The predicted octanol–water partition coefficient (Wildman–Crippen LogP) is 4.66. The van der Waals surface area contributed by atoms with E-state index in [2.05, 4.69) is 23.6 Å². The Kier molecular flexibility index (Phi) is 6.65. The summed E-state index contributed by atoms with van der Waals surface area (Å²) in [6.07, 6.45) is 3.93. The Hall–Kier alpha value is -2.43. The van der Waals surface area contributed by atoms with Crippen molar-refractivity contribution in [2.75, 3.05) is 11.9 Å². The van der Waals surface area contributed by atoms with E-state index in [0.29, 0.717) is 23.7 Å². The highest BCUT2D eigenvalue weighted by atomic mass is 32.1. The van der Waals surface area contributed by atoms with Gasteiger partial charge in [-0.15, -0.1) is 11.3 Å². The number of hydrogen-bond donors (Lipinski definition) is 2. The number of nitrogens with one attached hydrogen (secondary N) is 2. The lowest BCUT2D eigenvalue weighted by molar-refractivity contribution is 0.0977. The van der Waals surface area contributed by atoms with Crippen LogP contribution in [0.2, 0.25) is 0 Å². The van der Waals surface area contributed by atoms with E-state index in [1.807, 2.05) is 6.92 Å². The molecule has 1 atom stereocenters. The van der Waals surface area contributed by atoms with Gasteiger partial charge in [-0.2, -0.15) is 5.26 Å². The van der Waals surface area contributed by atoms with E-state index in [9.17, 15) is 10.1 Å². The third kappa shape index (κ3) is 4.70. The average Bonchev–Trinajstić information content (AvgIpc) is 3.02. The molecule has 0 spiro atoms. The highest BCUT2D eigenvalue weighted by molar-refractivity contribution is 7.80. The van der Waals surface area contributed by atoms with Crippen LogP contribution < -0.4 is 15.4 Å². The molecule has 1 aromatic carbocycles. The van der Waals surface area contributed by atoms with Crippen molar-refractivity contribution in [3.05, 3.63) is 45.8 Å². The highest BCUT2D eigenvalue weighted by Crippen LogP contribution is 2.39. The number of carbonyl (C=O) groups is 1. The van der Waals surface area contributed by atoms with E-state index in [-0.39, 0.29) is 11.0 Å². The molecular weight excluding hydrogens is 390 g/mol. The van der Waals surface area contributed by atoms with Gasteiger partial charge < -0.3 is 10.1 Å². The van der Waals surface area contributed by atoms with Gasteiger partial charge in [0, 0.05) is 10.4 Å². The van der Waals surface area contributed by atoms with Crippen LogP contribution in [0.3, 0.4) is 0 Å². The molecule has 0 fully saturated rings. The van der Waals surface area contributed by atoms with E-state index in [0.717, 1.165) is 42.0 Å². The Labute approximate surface area is 174 Å². The molecule has 1 amide bonds. The Bertz CT molecular complexity index is 913. The lowest BCUT2D eigenvalue weighted by atomic mass is 9.89. The van der Waals surface area contributed by atoms with E-state index < -0.39 is 0 Å². The molecule has 0 saturated heterocycles. The summed E-state index contributed by atoms with van der Waals surface area (Å²) in [5.41, 5.74) is 2.28. The molecule has 7 heteroatoms. The summed E-state index contributed by atoms with van der Waals surface area (Å²) in [6, 6.07) is 9.23. The van der Waals surface area contributed by atoms with Gasteiger partial charge in [-0.25, -0.2) is 0 Å². The van der Waals surface area contributed by atoms with Gasteiger partial charge in [-0.3, -0.25) is 10.1 Å². The number of ether oxygens (including phenoxy) is 1. The number of nitrogens with zero attached hydrogens (tertiary/aromatic N) is 1. The van der Waals surface area contributed by atoms with E-state index in [4.69, 9.17) is 17.0 Å². The van der Waals surface area contributed by atoms with Crippen LogP contribution in [0.4, 0.5) is 5.00 Å². The number of thiocarbonyl (C=S) groups is 1. The quantitative estimate of drug-likeness (QED) is 0.698. The predicted molar refractivity (Wildman–Crippen MR) is 116 cm³/mol. The summed E-state index contributed by atoms with van der Waals surface area (Å²) in [7, 11) is 0. The Balaban J connectivity index is 1.64. The molecule has 1 unspecified atom stereocenters. The normalized spacial score (nSPS) is 15.2. The first-order chi connectivity index (χ1) is 13.5. The van der Waals surface area contributed by atoms with Crippen LogP contribution in [0.25, 0.3) is 0 Å². The van der Waals surface area contributed by atoms with Crippen molar-refractivity contribution in [2.24, 2.45) is 5.92 Å². The molecule has 5 nitrogen and oxygen atoms in total. The molecule has 1 heterocycles. The van der Waals surface area contributed by atoms with Crippen molar-refractivity contribution in [3.8, 4) is 11.8 Å². The summed E-state index contributed by atoms with van der Waals surface area (Å²) in [4.78, 5) is 13.7. The first-order valence-electron chi connectivity index (χ1n) is 9.41. The SMILES string of the molecule is CCCOc1ccc(C(=O)NC(=S)Nc2sc3c(c2C#N)CCC(C)C3)cc1. The second kappa shape index (κ2) is 9.18. The number of hydrogen-bond acceptors (Lipinski definition) is 5. The van der Waals surface area contributed by atoms with Gasteiger partial charge in [-0.1, -0.05) is 13.8 Å². The van der Waals surface area contributed by atoms with E-state index >= 15 is 0 Å². The van der Waals surface area contributed by atoms with Crippen molar-refractivity contribution in [1.82, 2.24) is 5.32 Å². The molecule has 0 radical (unpaired) electrons. The van der Waals surface area contributed by atoms with Gasteiger partial charge in [-0.05, 0) is 73.6 Å². The molecule has 0 bridgehead atoms. The zero-order valence-corrected chi connectivity index (χ0v) is 17.6. The summed E-state index contributed by atoms with van der Waals surface area (Å²) < 4.78 is 5.52. The summed E-state index contributed by atoms with van der Waals surface area (Å²) >= 11 is 6.86. The monoisotopic (exact) mass is 413 g/mol. The Morgan fingerprint density at radius 1 is 1.39 bits per heavy atom. The van der Waals surface area contributed by atoms with Crippen LogP contribution in [0.1, 0.15) is 53.1 Å².